The summed E-state index contributed by atoms with van der Waals surface area (Å²) in [6, 6.07) is 0. The molecule has 1 aliphatic rings. The molecule has 1 heterocycles. The molecule has 0 aromatic heterocycles. The molecule has 0 amide bonds. The van der Waals surface area contributed by atoms with Crippen molar-refractivity contribution in [3.63, 3.8) is 0 Å². The van der Waals surface area contributed by atoms with Crippen molar-refractivity contribution in [3.05, 3.63) is 11.6 Å². The molecule has 1 N–H and O–H groups in total. The van der Waals surface area contributed by atoms with Gasteiger partial charge in [0.05, 0.1) is 6.61 Å². The molecule has 0 aliphatic carbocycles. The van der Waals surface area contributed by atoms with Crippen molar-refractivity contribution in [2.24, 2.45) is 0 Å². The number of ether oxygens (including phenoxy) is 1. The van der Waals surface area contributed by atoms with Gasteiger partial charge in [0.1, 0.15) is 0 Å². The highest BCUT2D eigenvalue weighted by Crippen LogP contribution is 2.11. The standard InChI is InChI=1S/C10H17NO2/c1-2-13-10(12)8-9-4-3-6-11-7-5-9/h8,11H,2-7H2,1H3/b9-8-. The van der Waals surface area contributed by atoms with E-state index in [1.165, 1.54) is 5.57 Å². The summed E-state index contributed by atoms with van der Waals surface area (Å²) in [5.41, 5.74) is 1.21. The number of rotatable bonds is 2. The van der Waals surface area contributed by atoms with Gasteiger partial charge in [0.2, 0.25) is 0 Å². The van der Waals surface area contributed by atoms with Crippen molar-refractivity contribution in [1.82, 2.24) is 5.32 Å². The first-order chi connectivity index (χ1) is 6.33. The second-order valence-electron chi connectivity index (χ2n) is 3.16. The molecule has 3 nitrogen and oxygen atoms in total. The monoisotopic (exact) mass is 183 g/mol. The van der Waals surface area contributed by atoms with Crippen molar-refractivity contribution < 1.29 is 9.53 Å². The van der Waals surface area contributed by atoms with E-state index >= 15 is 0 Å². The molecule has 0 radical (unpaired) electrons. The fourth-order valence-corrected chi connectivity index (χ4v) is 1.43. The topological polar surface area (TPSA) is 38.3 Å². The van der Waals surface area contributed by atoms with E-state index in [1.807, 2.05) is 6.92 Å². The van der Waals surface area contributed by atoms with E-state index in [2.05, 4.69) is 5.32 Å². The third-order valence-electron chi connectivity index (χ3n) is 2.08. The number of carbonyl (C=O) groups is 1. The van der Waals surface area contributed by atoms with Gasteiger partial charge in [-0.05, 0) is 39.3 Å². The Kier molecular flexibility index (Phi) is 4.54. The lowest BCUT2D eigenvalue weighted by molar-refractivity contribution is -0.137. The van der Waals surface area contributed by atoms with Crippen LogP contribution in [-0.2, 0) is 9.53 Å². The van der Waals surface area contributed by atoms with Gasteiger partial charge in [-0.1, -0.05) is 5.57 Å². The van der Waals surface area contributed by atoms with Crippen molar-refractivity contribution in [3.8, 4) is 0 Å². The molecule has 0 aromatic carbocycles. The zero-order chi connectivity index (χ0) is 9.52. The van der Waals surface area contributed by atoms with Crippen molar-refractivity contribution in [2.45, 2.75) is 26.2 Å². The largest absolute Gasteiger partial charge is 0.463 e. The molecule has 1 saturated heterocycles. The minimum Gasteiger partial charge on any atom is -0.463 e. The third-order valence-corrected chi connectivity index (χ3v) is 2.08. The van der Waals surface area contributed by atoms with Crippen LogP contribution in [0.15, 0.2) is 11.6 Å². The summed E-state index contributed by atoms with van der Waals surface area (Å²) in [5, 5.41) is 3.29. The van der Waals surface area contributed by atoms with Gasteiger partial charge < -0.3 is 10.1 Å². The predicted octanol–water partition coefficient (Wildman–Crippen LogP) is 1.25. The summed E-state index contributed by atoms with van der Waals surface area (Å²) in [7, 11) is 0. The van der Waals surface area contributed by atoms with Crippen LogP contribution in [0.25, 0.3) is 0 Å². The first-order valence-corrected chi connectivity index (χ1v) is 4.90. The molecule has 0 bridgehead atoms. The first kappa shape index (κ1) is 10.3. The summed E-state index contributed by atoms with van der Waals surface area (Å²) in [4.78, 5) is 11.1. The number of carbonyl (C=O) groups excluding carboxylic acids is 1. The minimum atomic E-state index is -0.195. The lowest BCUT2D eigenvalue weighted by Gasteiger charge is -2.01. The smallest absolute Gasteiger partial charge is 0.330 e. The van der Waals surface area contributed by atoms with Crippen LogP contribution < -0.4 is 5.32 Å². The fraction of sp³-hybridized carbons (Fsp3) is 0.700. The number of nitrogens with one attached hydrogen (secondary N) is 1. The highest BCUT2D eigenvalue weighted by atomic mass is 16.5. The molecule has 1 fully saturated rings. The molecule has 0 unspecified atom stereocenters. The zero-order valence-electron chi connectivity index (χ0n) is 8.14. The summed E-state index contributed by atoms with van der Waals surface area (Å²) in [5.74, 6) is -0.195. The molecule has 0 atom stereocenters. The molecular weight excluding hydrogens is 166 g/mol. The average Bonchev–Trinajstić information content (AvgIpc) is 2.33. The summed E-state index contributed by atoms with van der Waals surface area (Å²) < 4.78 is 4.85. The maximum Gasteiger partial charge on any atom is 0.330 e. The van der Waals surface area contributed by atoms with Crippen LogP contribution in [0.5, 0.6) is 0 Å². The molecule has 3 heteroatoms. The minimum absolute atomic E-state index is 0.195. The fourth-order valence-electron chi connectivity index (χ4n) is 1.43. The van der Waals surface area contributed by atoms with Gasteiger partial charge in [-0.3, -0.25) is 0 Å². The van der Waals surface area contributed by atoms with E-state index < -0.39 is 0 Å². The Morgan fingerprint density at radius 3 is 3.15 bits per heavy atom. The van der Waals surface area contributed by atoms with Gasteiger partial charge in [-0.25, -0.2) is 4.79 Å². The van der Waals surface area contributed by atoms with Crippen LogP contribution in [0, 0.1) is 0 Å². The molecular formula is C10H17NO2. The van der Waals surface area contributed by atoms with Crippen LogP contribution in [-0.4, -0.2) is 25.7 Å². The Morgan fingerprint density at radius 1 is 1.54 bits per heavy atom. The summed E-state index contributed by atoms with van der Waals surface area (Å²) in [6.07, 6.45) is 4.76. The van der Waals surface area contributed by atoms with Crippen LogP contribution in [0.3, 0.4) is 0 Å². The number of hydrogen-bond acceptors (Lipinski definition) is 3. The highest BCUT2D eigenvalue weighted by molar-refractivity contribution is 5.82. The first-order valence-electron chi connectivity index (χ1n) is 4.90. The van der Waals surface area contributed by atoms with E-state index in [0.29, 0.717) is 6.61 Å². The van der Waals surface area contributed by atoms with Crippen molar-refractivity contribution in [1.29, 1.82) is 0 Å². The van der Waals surface area contributed by atoms with Crippen LogP contribution in [0.2, 0.25) is 0 Å². The molecule has 1 rings (SSSR count). The normalized spacial score (nSPS) is 21.2. The van der Waals surface area contributed by atoms with Crippen LogP contribution in [0.4, 0.5) is 0 Å². The average molecular weight is 183 g/mol. The van der Waals surface area contributed by atoms with Crippen molar-refractivity contribution >= 4 is 5.97 Å². The Labute approximate surface area is 79.2 Å². The van der Waals surface area contributed by atoms with Crippen LogP contribution >= 0.6 is 0 Å². The quantitative estimate of drug-likeness (QED) is 0.517. The van der Waals surface area contributed by atoms with Crippen LogP contribution in [0.1, 0.15) is 26.2 Å². The second kappa shape index (κ2) is 5.75. The zero-order valence-corrected chi connectivity index (χ0v) is 8.14. The van der Waals surface area contributed by atoms with E-state index in [1.54, 1.807) is 6.08 Å². The summed E-state index contributed by atoms with van der Waals surface area (Å²) in [6.45, 7) is 4.32. The van der Waals surface area contributed by atoms with Gasteiger partial charge in [0.15, 0.2) is 0 Å². The van der Waals surface area contributed by atoms with Gasteiger partial charge in [-0.2, -0.15) is 0 Å². The third kappa shape index (κ3) is 4.08. The van der Waals surface area contributed by atoms with Gasteiger partial charge in [0.25, 0.3) is 0 Å². The molecule has 13 heavy (non-hydrogen) atoms. The summed E-state index contributed by atoms with van der Waals surface area (Å²) >= 11 is 0. The highest BCUT2D eigenvalue weighted by Gasteiger charge is 2.05. The maximum atomic E-state index is 11.1. The second-order valence-corrected chi connectivity index (χ2v) is 3.16. The number of esters is 1. The van der Waals surface area contributed by atoms with Gasteiger partial charge in [-0.15, -0.1) is 0 Å². The SMILES string of the molecule is CCOC(=O)/C=C1/CCCNCC1. The molecule has 0 aromatic rings. The molecule has 74 valence electrons. The lowest BCUT2D eigenvalue weighted by Crippen LogP contribution is -2.13. The van der Waals surface area contributed by atoms with Crippen molar-refractivity contribution in [2.75, 3.05) is 19.7 Å². The van der Waals surface area contributed by atoms with Gasteiger partial charge >= 0.3 is 5.97 Å². The Morgan fingerprint density at radius 2 is 2.38 bits per heavy atom. The van der Waals surface area contributed by atoms with E-state index in [-0.39, 0.29) is 5.97 Å². The van der Waals surface area contributed by atoms with E-state index in [0.717, 1.165) is 32.4 Å². The maximum absolute atomic E-state index is 11.1. The Bertz CT molecular complexity index is 189. The number of hydrogen-bond donors (Lipinski definition) is 1. The van der Waals surface area contributed by atoms with E-state index in [4.69, 9.17) is 4.74 Å². The Balaban J connectivity index is 2.42. The van der Waals surface area contributed by atoms with Gasteiger partial charge in [0, 0.05) is 6.08 Å². The molecule has 1 aliphatic heterocycles. The lowest BCUT2D eigenvalue weighted by atomic mass is 10.1. The molecule has 0 spiro atoms. The van der Waals surface area contributed by atoms with E-state index in [9.17, 15) is 4.79 Å². The Hall–Kier alpha value is -0.830. The molecule has 0 saturated carbocycles. The predicted molar refractivity (Wildman–Crippen MR) is 51.4 cm³/mol.